The van der Waals surface area contributed by atoms with Crippen LogP contribution in [-0.2, 0) is 0 Å². The van der Waals surface area contributed by atoms with E-state index in [1.54, 1.807) is 19.6 Å². The molecule has 3 nitrogen and oxygen atoms in total. The number of hydrogen-bond donors (Lipinski definition) is 1. The molecule has 1 aromatic heterocycles. The van der Waals surface area contributed by atoms with Crippen LogP contribution >= 0.6 is 15.9 Å². The van der Waals surface area contributed by atoms with Crippen LogP contribution in [0.15, 0.2) is 45.7 Å². The predicted molar refractivity (Wildman–Crippen MR) is 70.3 cm³/mol. The van der Waals surface area contributed by atoms with E-state index >= 15 is 0 Å². The summed E-state index contributed by atoms with van der Waals surface area (Å²) in [5.41, 5.74) is 2.16. The molecule has 0 aliphatic carbocycles. The molecule has 0 radical (unpaired) electrons. The molecule has 2 rings (SSSR count). The van der Waals surface area contributed by atoms with Crippen LogP contribution in [0.3, 0.4) is 0 Å². The second kappa shape index (κ2) is 5.38. The lowest BCUT2D eigenvalue weighted by molar-refractivity contribution is 0.405. The zero-order chi connectivity index (χ0) is 12.3. The second-order valence-corrected chi connectivity index (χ2v) is 4.58. The largest absolute Gasteiger partial charge is 0.496 e. The van der Waals surface area contributed by atoms with Crippen molar-refractivity contribution in [3.8, 4) is 5.75 Å². The summed E-state index contributed by atoms with van der Waals surface area (Å²) in [7, 11) is 3.59. The van der Waals surface area contributed by atoms with Gasteiger partial charge in [0, 0.05) is 15.6 Å². The third kappa shape index (κ3) is 2.53. The summed E-state index contributed by atoms with van der Waals surface area (Å²) in [6.07, 6.45) is 3.41. The molecule has 1 atom stereocenters. The summed E-state index contributed by atoms with van der Waals surface area (Å²) < 4.78 is 11.5. The quantitative estimate of drug-likeness (QED) is 0.939. The normalized spacial score (nSPS) is 12.4. The Kier molecular flexibility index (Phi) is 3.86. The van der Waals surface area contributed by atoms with Gasteiger partial charge in [0.15, 0.2) is 0 Å². The van der Waals surface area contributed by atoms with E-state index in [4.69, 9.17) is 9.15 Å². The van der Waals surface area contributed by atoms with E-state index in [9.17, 15) is 0 Å². The van der Waals surface area contributed by atoms with Crippen molar-refractivity contribution < 1.29 is 9.15 Å². The van der Waals surface area contributed by atoms with Crippen molar-refractivity contribution in [3.63, 3.8) is 0 Å². The topological polar surface area (TPSA) is 34.4 Å². The van der Waals surface area contributed by atoms with Crippen LogP contribution in [0.1, 0.15) is 17.2 Å². The van der Waals surface area contributed by atoms with Crippen molar-refractivity contribution in [1.82, 2.24) is 5.32 Å². The molecule has 0 amide bonds. The maximum absolute atomic E-state index is 5.41. The number of nitrogens with one attached hydrogen (secondary N) is 1. The van der Waals surface area contributed by atoms with Crippen molar-refractivity contribution in [2.45, 2.75) is 6.04 Å². The zero-order valence-corrected chi connectivity index (χ0v) is 11.3. The smallest absolute Gasteiger partial charge is 0.125 e. The highest BCUT2D eigenvalue weighted by molar-refractivity contribution is 9.10. The molecule has 17 heavy (non-hydrogen) atoms. The van der Waals surface area contributed by atoms with Crippen molar-refractivity contribution >= 4 is 15.9 Å². The average molecular weight is 296 g/mol. The Hall–Kier alpha value is -1.26. The Bertz CT molecular complexity index is 482. The maximum atomic E-state index is 5.41. The predicted octanol–water partition coefficient (Wildman–Crippen LogP) is 3.36. The lowest BCUT2D eigenvalue weighted by atomic mass is 10.0. The fourth-order valence-electron chi connectivity index (χ4n) is 1.86. The number of benzene rings is 1. The van der Waals surface area contributed by atoms with Crippen molar-refractivity contribution in [2.24, 2.45) is 0 Å². The first-order chi connectivity index (χ1) is 8.26. The molecule has 0 bridgehead atoms. The first-order valence-electron chi connectivity index (χ1n) is 5.29. The first-order valence-corrected chi connectivity index (χ1v) is 6.08. The molecule has 1 N–H and O–H groups in total. The van der Waals surface area contributed by atoms with Gasteiger partial charge in [-0.1, -0.05) is 22.0 Å². The van der Waals surface area contributed by atoms with E-state index < -0.39 is 0 Å². The Morgan fingerprint density at radius 3 is 2.76 bits per heavy atom. The molecule has 0 aliphatic heterocycles. The van der Waals surface area contributed by atoms with Crippen molar-refractivity contribution in [1.29, 1.82) is 0 Å². The van der Waals surface area contributed by atoms with Gasteiger partial charge >= 0.3 is 0 Å². The molecular weight excluding hydrogens is 282 g/mol. The third-order valence-electron chi connectivity index (χ3n) is 2.67. The summed E-state index contributed by atoms with van der Waals surface area (Å²) >= 11 is 3.44. The highest BCUT2D eigenvalue weighted by Crippen LogP contribution is 2.32. The van der Waals surface area contributed by atoms with E-state index in [1.807, 2.05) is 31.3 Å². The van der Waals surface area contributed by atoms with Crippen LogP contribution in [0.5, 0.6) is 5.75 Å². The minimum absolute atomic E-state index is 0.0665. The minimum Gasteiger partial charge on any atom is -0.496 e. The van der Waals surface area contributed by atoms with Crippen molar-refractivity contribution in [2.75, 3.05) is 14.2 Å². The fraction of sp³-hybridized carbons (Fsp3) is 0.231. The highest BCUT2D eigenvalue weighted by atomic mass is 79.9. The summed E-state index contributed by atoms with van der Waals surface area (Å²) in [5.74, 6) is 0.847. The molecule has 0 saturated carbocycles. The molecule has 0 fully saturated rings. The lowest BCUT2D eigenvalue weighted by Gasteiger charge is -2.18. The summed E-state index contributed by atoms with van der Waals surface area (Å²) in [4.78, 5) is 0. The minimum atomic E-state index is 0.0665. The number of ether oxygens (including phenoxy) is 1. The van der Waals surface area contributed by atoms with Gasteiger partial charge in [-0.25, -0.2) is 0 Å². The molecule has 4 heteroatoms. The van der Waals surface area contributed by atoms with E-state index in [-0.39, 0.29) is 6.04 Å². The van der Waals surface area contributed by atoms with Crippen molar-refractivity contribution in [3.05, 3.63) is 52.4 Å². The summed E-state index contributed by atoms with van der Waals surface area (Å²) in [5, 5.41) is 3.26. The summed E-state index contributed by atoms with van der Waals surface area (Å²) in [6, 6.07) is 8.01. The van der Waals surface area contributed by atoms with Gasteiger partial charge in [0.05, 0.1) is 25.7 Å². The Labute approximate surface area is 109 Å². The van der Waals surface area contributed by atoms with Gasteiger partial charge < -0.3 is 14.5 Å². The Morgan fingerprint density at radius 2 is 2.18 bits per heavy atom. The molecule has 0 aliphatic rings. The van der Waals surface area contributed by atoms with Gasteiger partial charge in [-0.15, -0.1) is 0 Å². The fourth-order valence-corrected chi connectivity index (χ4v) is 2.20. The van der Waals surface area contributed by atoms with E-state index in [1.165, 1.54) is 0 Å². The standard InChI is InChI=1S/C13H14BrNO2/c1-15-13(9-5-6-17-8-9)11-4-3-10(14)7-12(11)16-2/h3-8,13,15H,1-2H3. The van der Waals surface area contributed by atoms with Gasteiger partial charge in [-0.2, -0.15) is 0 Å². The second-order valence-electron chi connectivity index (χ2n) is 3.66. The van der Waals surface area contributed by atoms with Gasteiger partial charge in [0.25, 0.3) is 0 Å². The van der Waals surface area contributed by atoms with Crippen LogP contribution in [0.4, 0.5) is 0 Å². The average Bonchev–Trinajstić information content (AvgIpc) is 2.85. The Balaban J connectivity index is 2.44. The summed E-state index contributed by atoms with van der Waals surface area (Å²) in [6.45, 7) is 0. The number of furan rings is 1. The van der Waals surface area contributed by atoms with Crippen LogP contribution in [0, 0.1) is 0 Å². The monoisotopic (exact) mass is 295 g/mol. The van der Waals surface area contributed by atoms with Crippen LogP contribution < -0.4 is 10.1 Å². The number of halogens is 1. The number of rotatable bonds is 4. The van der Waals surface area contributed by atoms with Crippen LogP contribution in [0.25, 0.3) is 0 Å². The molecule has 1 unspecified atom stereocenters. The third-order valence-corrected chi connectivity index (χ3v) is 3.16. The SMILES string of the molecule is CNC(c1ccoc1)c1ccc(Br)cc1OC. The highest BCUT2D eigenvalue weighted by Gasteiger charge is 2.17. The maximum Gasteiger partial charge on any atom is 0.125 e. The molecule has 90 valence electrons. The Morgan fingerprint density at radius 1 is 1.35 bits per heavy atom. The number of methoxy groups -OCH3 is 1. The molecular formula is C13H14BrNO2. The zero-order valence-electron chi connectivity index (χ0n) is 9.74. The number of hydrogen-bond acceptors (Lipinski definition) is 3. The molecule has 1 aromatic carbocycles. The van der Waals surface area contributed by atoms with E-state index in [0.717, 1.165) is 21.3 Å². The van der Waals surface area contributed by atoms with E-state index in [0.29, 0.717) is 0 Å². The molecule has 2 aromatic rings. The van der Waals surface area contributed by atoms with Gasteiger partial charge in [-0.05, 0) is 25.2 Å². The molecule has 0 saturated heterocycles. The van der Waals surface area contributed by atoms with E-state index in [2.05, 4.69) is 21.2 Å². The lowest BCUT2D eigenvalue weighted by Crippen LogP contribution is -2.17. The molecule has 1 heterocycles. The van der Waals surface area contributed by atoms with Gasteiger partial charge in [-0.3, -0.25) is 0 Å². The first kappa shape index (κ1) is 12.2. The van der Waals surface area contributed by atoms with Crippen LogP contribution in [-0.4, -0.2) is 14.2 Å². The van der Waals surface area contributed by atoms with Gasteiger partial charge in [0.2, 0.25) is 0 Å². The molecule has 0 spiro atoms. The van der Waals surface area contributed by atoms with Gasteiger partial charge in [0.1, 0.15) is 5.75 Å². The van der Waals surface area contributed by atoms with Crippen LogP contribution in [0.2, 0.25) is 0 Å².